The second-order valence-electron chi connectivity index (χ2n) is 10.8. The SMILES string of the molecule is C=C.CC(=O)c1ccccc1N(CC(=O)N(C)Cc1ccc(-c2ccc(C(F)(F)F)cc2)cc1)C(C)CCc1cccc(F)c1F. The molecule has 0 aromatic heterocycles. The number of aryl methyl sites for hydroxylation is 1. The first-order chi connectivity index (χ1) is 21.8. The van der Waals surface area contributed by atoms with Crippen molar-refractivity contribution in [3.05, 3.63) is 138 Å². The van der Waals surface area contributed by atoms with Gasteiger partial charge in [-0.2, -0.15) is 13.2 Å². The molecule has 0 bridgehead atoms. The van der Waals surface area contributed by atoms with Gasteiger partial charge >= 0.3 is 6.18 Å². The predicted molar refractivity (Wildman–Crippen MR) is 173 cm³/mol. The van der Waals surface area contributed by atoms with E-state index in [0.717, 1.165) is 29.3 Å². The van der Waals surface area contributed by atoms with E-state index in [0.29, 0.717) is 23.2 Å². The van der Waals surface area contributed by atoms with Crippen molar-refractivity contribution in [3.63, 3.8) is 0 Å². The van der Waals surface area contributed by atoms with Crippen molar-refractivity contribution in [2.75, 3.05) is 18.5 Å². The van der Waals surface area contributed by atoms with Crippen molar-refractivity contribution in [1.29, 1.82) is 0 Å². The van der Waals surface area contributed by atoms with Gasteiger partial charge in [0, 0.05) is 30.9 Å². The summed E-state index contributed by atoms with van der Waals surface area (Å²) in [6.45, 7) is 9.54. The standard InChI is InChI=1S/C35H33F5N2O2.C2H4/c1-23(11-14-28-7-6-9-31(36)34(28)37)42(32-10-5-4-8-30(32)24(2)43)22-33(44)41(3)21-25-12-15-26(16-13-25)27-17-19-29(20-18-27)35(38,39)40;1-2/h4-10,12-13,15-20,23H,11,14,21-22H2,1-3H3;1-2H2. The van der Waals surface area contributed by atoms with E-state index >= 15 is 0 Å². The lowest BCUT2D eigenvalue weighted by Gasteiger charge is -2.33. The Labute approximate surface area is 266 Å². The van der Waals surface area contributed by atoms with E-state index in [2.05, 4.69) is 13.2 Å². The normalized spacial score (nSPS) is 11.7. The molecule has 9 heteroatoms. The molecule has 1 unspecified atom stereocenters. The zero-order valence-corrected chi connectivity index (χ0v) is 26.1. The Bertz CT molecular complexity index is 1620. The maximum atomic E-state index is 14.3. The van der Waals surface area contributed by atoms with Crippen LogP contribution in [0.5, 0.6) is 0 Å². The summed E-state index contributed by atoms with van der Waals surface area (Å²) in [5.74, 6) is -2.20. The number of benzene rings is 4. The number of hydrogen-bond donors (Lipinski definition) is 0. The second-order valence-corrected chi connectivity index (χ2v) is 10.8. The van der Waals surface area contributed by atoms with Crippen LogP contribution < -0.4 is 4.90 Å². The number of carbonyl (C=O) groups is 2. The first kappa shape index (κ1) is 35.7. The molecule has 0 aliphatic heterocycles. The number of halogens is 5. The molecule has 4 rings (SSSR count). The monoisotopic (exact) mass is 636 g/mol. The van der Waals surface area contributed by atoms with E-state index in [4.69, 9.17) is 0 Å². The van der Waals surface area contributed by atoms with Gasteiger partial charge in [0.2, 0.25) is 5.91 Å². The summed E-state index contributed by atoms with van der Waals surface area (Å²) in [4.78, 5) is 29.3. The lowest BCUT2D eigenvalue weighted by atomic mass is 10.0. The van der Waals surface area contributed by atoms with Crippen LogP contribution >= 0.6 is 0 Å². The minimum atomic E-state index is -4.40. The molecule has 0 fully saturated rings. The number of carbonyl (C=O) groups excluding carboxylic acids is 2. The maximum Gasteiger partial charge on any atom is 0.416 e. The van der Waals surface area contributed by atoms with Gasteiger partial charge in [-0.25, -0.2) is 8.78 Å². The van der Waals surface area contributed by atoms with Gasteiger partial charge in [-0.15, -0.1) is 13.2 Å². The second kappa shape index (κ2) is 16.0. The molecule has 0 aliphatic rings. The summed E-state index contributed by atoms with van der Waals surface area (Å²) in [6.07, 6.45) is -3.77. The number of ketones is 1. The third kappa shape index (κ3) is 9.12. The summed E-state index contributed by atoms with van der Waals surface area (Å²) in [6, 6.07) is 22.9. The Balaban J connectivity index is 0.00000282. The van der Waals surface area contributed by atoms with Crippen LogP contribution in [0.25, 0.3) is 11.1 Å². The smallest absolute Gasteiger partial charge is 0.359 e. The molecular weight excluding hydrogens is 599 g/mol. The van der Waals surface area contributed by atoms with Gasteiger partial charge < -0.3 is 9.80 Å². The zero-order chi connectivity index (χ0) is 34.0. The topological polar surface area (TPSA) is 40.6 Å². The van der Waals surface area contributed by atoms with Crippen molar-refractivity contribution in [2.45, 2.75) is 45.5 Å². The van der Waals surface area contributed by atoms with Gasteiger partial charge in [-0.3, -0.25) is 9.59 Å². The number of hydrogen-bond acceptors (Lipinski definition) is 3. The lowest BCUT2D eigenvalue weighted by molar-refractivity contribution is -0.137. The molecule has 0 saturated heterocycles. The molecule has 1 amide bonds. The average molecular weight is 637 g/mol. The first-order valence-electron chi connectivity index (χ1n) is 14.6. The number of likely N-dealkylation sites (N-methyl/N-ethyl adjacent to an activating group) is 1. The van der Waals surface area contributed by atoms with Crippen LogP contribution in [0.4, 0.5) is 27.6 Å². The first-order valence-corrected chi connectivity index (χ1v) is 14.6. The summed E-state index contributed by atoms with van der Waals surface area (Å²) in [7, 11) is 1.66. The highest BCUT2D eigenvalue weighted by Crippen LogP contribution is 2.31. The maximum absolute atomic E-state index is 14.3. The highest BCUT2D eigenvalue weighted by Gasteiger charge is 2.30. The molecule has 0 saturated carbocycles. The summed E-state index contributed by atoms with van der Waals surface area (Å²) in [5, 5.41) is 0. The summed E-state index contributed by atoms with van der Waals surface area (Å²) in [5.41, 5.74) is 2.75. The molecule has 0 heterocycles. The van der Waals surface area contributed by atoms with E-state index < -0.39 is 23.4 Å². The van der Waals surface area contributed by atoms with E-state index in [1.807, 2.05) is 24.0 Å². The van der Waals surface area contributed by atoms with Crippen molar-refractivity contribution >= 4 is 17.4 Å². The van der Waals surface area contributed by atoms with Gasteiger partial charge in [0.25, 0.3) is 0 Å². The fourth-order valence-electron chi connectivity index (χ4n) is 5.04. The van der Waals surface area contributed by atoms with Gasteiger partial charge in [-0.05, 0) is 79.3 Å². The number of para-hydroxylation sites is 1. The number of amides is 1. The van der Waals surface area contributed by atoms with Crippen molar-refractivity contribution in [1.82, 2.24) is 4.90 Å². The number of nitrogens with zero attached hydrogens (tertiary/aromatic N) is 2. The number of alkyl halides is 3. The van der Waals surface area contributed by atoms with Crippen LogP contribution in [0.1, 0.15) is 47.3 Å². The molecule has 0 spiro atoms. The minimum Gasteiger partial charge on any atom is -0.359 e. The van der Waals surface area contributed by atoms with Crippen molar-refractivity contribution < 1.29 is 31.5 Å². The Hall–Kier alpha value is -4.79. The number of rotatable bonds is 11. The number of Topliss-reactive ketones (excluding diaryl/α,β-unsaturated/α-hetero) is 1. The predicted octanol–water partition coefficient (Wildman–Crippen LogP) is 9.14. The minimum absolute atomic E-state index is 0.0583. The van der Waals surface area contributed by atoms with E-state index in [1.54, 1.807) is 48.3 Å². The number of anilines is 1. The Kier molecular flexibility index (Phi) is 12.4. The molecule has 4 aromatic rings. The van der Waals surface area contributed by atoms with Crippen molar-refractivity contribution in [3.8, 4) is 11.1 Å². The van der Waals surface area contributed by atoms with Gasteiger partial charge in [0.15, 0.2) is 17.4 Å². The van der Waals surface area contributed by atoms with E-state index in [-0.39, 0.29) is 42.8 Å². The van der Waals surface area contributed by atoms with E-state index in [1.165, 1.54) is 31.2 Å². The van der Waals surface area contributed by atoms with Crippen LogP contribution in [0.2, 0.25) is 0 Å². The van der Waals surface area contributed by atoms with Crippen LogP contribution in [0.3, 0.4) is 0 Å². The third-order valence-electron chi connectivity index (χ3n) is 7.64. The summed E-state index contributed by atoms with van der Waals surface area (Å²) >= 11 is 0. The molecule has 4 aromatic carbocycles. The van der Waals surface area contributed by atoms with Gasteiger partial charge in [-0.1, -0.05) is 60.7 Å². The highest BCUT2D eigenvalue weighted by molar-refractivity contribution is 6.00. The molecule has 4 nitrogen and oxygen atoms in total. The molecular formula is C37H37F5N2O2. The highest BCUT2D eigenvalue weighted by atomic mass is 19.4. The van der Waals surface area contributed by atoms with Gasteiger partial charge in [0.1, 0.15) is 0 Å². The molecule has 0 N–H and O–H groups in total. The molecule has 0 aliphatic carbocycles. The fourth-order valence-corrected chi connectivity index (χ4v) is 5.04. The quantitative estimate of drug-likeness (QED) is 0.0937. The van der Waals surface area contributed by atoms with E-state index in [9.17, 15) is 31.5 Å². The van der Waals surface area contributed by atoms with Crippen LogP contribution in [-0.4, -0.2) is 36.2 Å². The van der Waals surface area contributed by atoms with Crippen LogP contribution in [-0.2, 0) is 23.9 Å². The Morgan fingerprint density at radius 3 is 2.00 bits per heavy atom. The summed E-state index contributed by atoms with van der Waals surface area (Å²) < 4.78 is 66.8. The Morgan fingerprint density at radius 2 is 1.41 bits per heavy atom. The molecule has 46 heavy (non-hydrogen) atoms. The zero-order valence-electron chi connectivity index (χ0n) is 26.1. The fraction of sp³-hybridized carbons (Fsp3) is 0.243. The molecule has 242 valence electrons. The third-order valence-corrected chi connectivity index (χ3v) is 7.64. The molecule has 1 atom stereocenters. The molecule has 0 radical (unpaired) electrons. The van der Waals surface area contributed by atoms with Crippen LogP contribution in [0.15, 0.2) is 104 Å². The lowest BCUT2D eigenvalue weighted by Crippen LogP contribution is -2.43. The average Bonchev–Trinajstić information content (AvgIpc) is 3.05. The van der Waals surface area contributed by atoms with Crippen LogP contribution in [0, 0.1) is 11.6 Å². The largest absolute Gasteiger partial charge is 0.416 e. The Morgan fingerprint density at radius 1 is 0.826 bits per heavy atom. The van der Waals surface area contributed by atoms with Gasteiger partial charge in [0.05, 0.1) is 12.1 Å². The van der Waals surface area contributed by atoms with Crippen molar-refractivity contribution in [2.24, 2.45) is 0 Å².